The molecule has 0 fully saturated rings. The fourth-order valence-electron chi connectivity index (χ4n) is 1.87. The van der Waals surface area contributed by atoms with E-state index in [0.717, 1.165) is 24.6 Å². The minimum absolute atomic E-state index is 0.196. The van der Waals surface area contributed by atoms with Crippen LogP contribution in [0.1, 0.15) is 5.01 Å². The van der Waals surface area contributed by atoms with Gasteiger partial charge in [0.2, 0.25) is 10.0 Å². The van der Waals surface area contributed by atoms with Gasteiger partial charge in [-0.15, -0.1) is 11.3 Å². The predicted octanol–water partition coefficient (Wildman–Crippen LogP) is -0.596. The van der Waals surface area contributed by atoms with E-state index in [4.69, 9.17) is 0 Å². The summed E-state index contributed by atoms with van der Waals surface area (Å²) < 4.78 is 28.0. The van der Waals surface area contributed by atoms with Crippen molar-refractivity contribution in [2.45, 2.75) is 11.3 Å². The molecule has 0 bridgehead atoms. The monoisotopic (exact) mass is 344 g/mol. The van der Waals surface area contributed by atoms with Gasteiger partial charge in [0.25, 0.3) is 5.56 Å². The number of aromatic nitrogens is 3. The third-order valence-electron chi connectivity index (χ3n) is 3.23. The lowest BCUT2D eigenvalue weighted by Crippen LogP contribution is -2.42. The average Bonchev–Trinajstić information content (AvgIpc) is 2.99. The molecule has 0 unspecified atom stereocenters. The van der Waals surface area contributed by atoms with E-state index < -0.39 is 26.2 Å². The van der Waals surface area contributed by atoms with E-state index in [2.05, 4.69) is 4.98 Å². The SMILES string of the molecule is CN(CCc1nccs1)S(=O)(=O)c1cn(C)c(=O)n(C)c1=O. The molecule has 0 aliphatic rings. The van der Waals surface area contributed by atoms with Crippen LogP contribution in [0.25, 0.3) is 0 Å². The fraction of sp³-hybridized carbons (Fsp3) is 0.417. The molecule has 120 valence electrons. The average molecular weight is 344 g/mol. The second kappa shape index (κ2) is 6.15. The van der Waals surface area contributed by atoms with Crippen LogP contribution in [0, 0.1) is 0 Å². The molecule has 8 nitrogen and oxygen atoms in total. The molecule has 10 heteroatoms. The zero-order valence-electron chi connectivity index (χ0n) is 12.4. The summed E-state index contributed by atoms with van der Waals surface area (Å²) in [6.45, 7) is 0.196. The summed E-state index contributed by atoms with van der Waals surface area (Å²) in [5.74, 6) is 0. The molecule has 0 aliphatic heterocycles. The van der Waals surface area contributed by atoms with E-state index in [1.54, 1.807) is 6.20 Å². The minimum Gasteiger partial charge on any atom is -0.302 e. The molecule has 0 saturated carbocycles. The van der Waals surface area contributed by atoms with E-state index in [9.17, 15) is 18.0 Å². The summed E-state index contributed by atoms with van der Waals surface area (Å²) in [7, 11) is 0.0772. The molecule has 2 heterocycles. The highest BCUT2D eigenvalue weighted by molar-refractivity contribution is 7.89. The van der Waals surface area contributed by atoms with Gasteiger partial charge in [-0.05, 0) is 0 Å². The lowest BCUT2D eigenvalue weighted by atomic mass is 10.4. The molecular weight excluding hydrogens is 328 g/mol. The second-order valence-electron chi connectivity index (χ2n) is 4.75. The van der Waals surface area contributed by atoms with Crippen molar-refractivity contribution in [3.8, 4) is 0 Å². The zero-order valence-corrected chi connectivity index (χ0v) is 14.0. The van der Waals surface area contributed by atoms with Gasteiger partial charge in [-0.3, -0.25) is 9.36 Å². The summed E-state index contributed by atoms with van der Waals surface area (Å²) in [5, 5.41) is 2.63. The first-order chi connectivity index (χ1) is 10.2. The molecule has 0 atom stereocenters. The normalized spacial score (nSPS) is 12.0. The van der Waals surface area contributed by atoms with Crippen molar-refractivity contribution in [3.63, 3.8) is 0 Å². The Hall–Kier alpha value is -1.78. The van der Waals surface area contributed by atoms with Crippen LogP contribution in [0.3, 0.4) is 0 Å². The highest BCUT2D eigenvalue weighted by Crippen LogP contribution is 2.11. The molecule has 22 heavy (non-hydrogen) atoms. The maximum Gasteiger partial charge on any atom is 0.330 e. The molecule has 2 aromatic rings. The minimum atomic E-state index is -3.97. The topological polar surface area (TPSA) is 94.3 Å². The molecule has 0 spiro atoms. The Morgan fingerprint density at radius 3 is 2.59 bits per heavy atom. The van der Waals surface area contributed by atoms with Crippen LogP contribution in [0.15, 0.2) is 32.3 Å². The first kappa shape index (κ1) is 16.6. The maximum absolute atomic E-state index is 12.5. The predicted molar refractivity (Wildman–Crippen MR) is 82.6 cm³/mol. The van der Waals surface area contributed by atoms with Gasteiger partial charge in [-0.25, -0.2) is 22.5 Å². The third kappa shape index (κ3) is 3.03. The number of aryl methyl sites for hydroxylation is 1. The summed E-state index contributed by atoms with van der Waals surface area (Å²) in [4.78, 5) is 27.4. The molecule has 0 aromatic carbocycles. The molecule has 2 rings (SSSR count). The Labute approximate surface area is 131 Å². The van der Waals surface area contributed by atoms with Crippen molar-refractivity contribution < 1.29 is 8.42 Å². The van der Waals surface area contributed by atoms with E-state index >= 15 is 0 Å². The number of hydrogen-bond donors (Lipinski definition) is 0. The van der Waals surface area contributed by atoms with Crippen LogP contribution in [-0.4, -0.2) is 40.4 Å². The summed E-state index contributed by atoms with van der Waals surface area (Å²) >= 11 is 1.44. The number of hydrogen-bond acceptors (Lipinski definition) is 6. The molecule has 0 amide bonds. The Morgan fingerprint density at radius 2 is 2.00 bits per heavy atom. The summed E-state index contributed by atoms with van der Waals surface area (Å²) in [5.41, 5.74) is -1.40. The van der Waals surface area contributed by atoms with Crippen molar-refractivity contribution in [2.24, 2.45) is 14.1 Å². The zero-order chi connectivity index (χ0) is 16.5. The third-order valence-corrected chi connectivity index (χ3v) is 5.91. The maximum atomic E-state index is 12.5. The number of nitrogens with zero attached hydrogens (tertiary/aromatic N) is 4. The van der Waals surface area contributed by atoms with Crippen molar-refractivity contribution in [2.75, 3.05) is 13.6 Å². The summed E-state index contributed by atoms with van der Waals surface area (Å²) in [6.07, 6.45) is 3.16. The van der Waals surface area contributed by atoms with Crippen LogP contribution in [-0.2, 0) is 30.5 Å². The van der Waals surface area contributed by atoms with Gasteiger partial charge in [-0.2, -0.15) is 0 Å². The van der Waals surface area contributed by atoms with Gasteiger partial charge < -0.3 is 4.57 Å². The van der Waals surface area contributed by atoms with Gasteiger partial charge in [0.05, 0.1) is 5.01 Å². The first-order valence-electron chi connectivity index (χ1n) is 6.36. The van der Waals surface area contributed by atoms with Crippen LogP contribution in [0.4, 0.5) is 0 Å². The fourth-order valence-corrected chi connectivity index (χ4v) is 3.80. The highest BCUT2D eigenvalue weighted by Gasteiger charge is 2.26. The van der Waals surface area contributed by atoms with Crippen molar-refractivity contribution in [1.82, 2.24) is 18.4 Å². The van der Waals surface area contributed by atoms with E-state index in [1.165, 1.54) is 32.5 Å². The molecule has 0 N–H and O–H groups in total. The van der Waals surface area contributed by atoms with Gasteiger partial charge in [0.1, 0.15) is 0 Å². The van der Waals surface area contributed by atoms with E-state index in [1.807, 2.05) is 5.38 Å². The smallest absolute Gasteiger partial charge is 0.302 e. The lowest BCUT2D eigenvalue weighted by molar-refractivity contribution is 0.468. The highest BCUT2D eigenvalue weighted by atomic mass is 32.2. The van der Waals surface area contributed by atoms with Crippen molar-refractivity contribution in [1.29, 1.82) is 0 Å². The molecule has 2 aromatic heterocycles. The number of rotatable bonds is 5. The quantitative estimate of drug-likeness (QED) is 0.722. The second-order valence-corrected chi connectivity index (χ2v) is 7.75. The van der Waals surface area contributed by atoms with E-state index in [0.29, 0.717) is 6.42 Å². The number of thiazole rings is 1. The Morgan fingerprint density at radius 1 is 1.32 bits per heavy atom. The summed E-state index contributed by atoms with van der Waals surface area (Å²) in [6, 6.07) is 0. The largest absolute Gasteiger partial charge is 0.330 e. The first-order valence-corrected chi connectivity index (χ1v) is 8.68. The van der Waals surface area contributed by atoms with Crippen molar-refractivity contribution in [3.05, 3.63) is 43.6 Å². The molecular formula is C12H16N4O4S2. The molecule has 0 saturated heterocycles. The van der Waals surface area contributed by atoms with Crippen LogP contribution < -0.4 is 11.2 Å². The Bertz CT molecular complexity index is 881. The van der Waals surface area contributed by atoms with Gasteiger partial charge >= 0.3 is 5.69 Å². The van der Waals surface area contributed by atoms with Gasteiger partial charge in [0.15, 0.2) is 4.90 Å². The Balaban J connectivity index is 2.34. The molecule has 0 aliphatic carbocycles. The van der Waals surface area contributed by atoms with Gasteiger partial charge in [0, 0.05) is 51.9 Å². The molecule has 0 radical (unpaired) electrons. The van der Waals surface area contributed by atoms with E-state index in [-0.39, 0.29) is 6.54 Å². The number of sulfonamides is 1. The van der Waals surface area contributed by atoms with Crippen molar-refractivity contribution >= 4 is 21.4 Å². The van der Waals surface area contributed by atoms with Crippen LogP contribution in [0.5, 0.6) is 0 Å². The van der Waals surface area contributed by atoms with Gasteiger partial charge in [-0.1, -0.05) is 0 Å². The standard InChI is InChI=1S/C12H16N4O4S2/c1-14-8-9(11(17)16(3)12(14)18)22(19,20)15(2)6-4-10-13-5-7-21-10/h5,7-8H,4,6H2,1-3H3. The van der Waals surface area contributed by atoms with Crippen LogP contribution >= 0.6 is 11.3 Å². The lowest BCUT2D eigenvalue weighted by Gasteiger charge is -2.17. The number of likely N-dealkylation sites (N-methyl/N-ethyl adjacent to an activating group) is 1. The Kier molecular flexibility index (Phi) is 4.63. The van der Waals surface area contributed by atoms with Crippen LogP contribution in [0.2, 0.25) is 0 Å².